The van der Waals surface area contributed by atoms with Crippen molar-refractivity contribution in [3.05, 3.63) is 0 Å². The number of ether oxygens (including phenoxy) is 2. The zero-order chi connectivity index (χ0) is 16.7. The zero-order valence-corrected chi connectivity index (χ0v) is 14.6. The molecule has 0 radical (unpaired) electrons. The molecule has 1 unspecified atom stereocenters. The smallest absolute Gasteiger partial charge is 0.409 e. The quantitative estimate of drug-likeness (QED) is 0.551. The Balaban J connectivity index is 1.73. The van der Waals surface area contributed by atoms with Gasteiger partial charge in [0, 0.05) is 19.5 Å². The molecule has 5 heteroatoms. The third-order valence-corrected chi connectivity index (χ3v) is 5.37. The van der Waals surface area contributed by atoms with Crippen LogP contribution in [-0.4, -0.2) is 43.3 Å². The van der Waals surface area contributed by atoms with Crippen LogP contribution in [0.4, 0.5) is 4.79 Å². The summed E-state index contributed by atoms with van der Waals surface area (Å²) < 4.78 is 10.4. The standard InChI is InChI=1S/C18H31NO4/c1-3-5-12-23-17(21)19-10-8-18(9-11-19)7-6-15(14-18)13-16(20)22-4-2/h15H,3-14H2,1-2H3. The largest absolute Gasteiger partial charge is 0.466 e. The van der Waals surface area contributed by atoms with Crippen LogP contribution in [0.2, 0.25) is 0 Å². The highest BCUT2D eigenvalue weighted by Gasteiger charge is 2.42. The van der Waals surface area contributed by atoms with Gasteiger partial charge in [-0.15, -0.1) is 0 Å². The van der Waals surface area contributed by atoms with Gasteiger partial charge in [-0.25, -0.2) is 4.79 Å². The van der Waals surface area contributed by atoms with Crippen molar-refractivity contribution < 1.29 is 19.1 Å². The number of piperidine rings is 1. The van der Waals surface area contributed by atoms with Crippen molar-refractivity contribution >= 4 is 12.1 Å². The minimum atomic E-state index is -0.158. The maximum absolute atomic E-state index is 12.0. The number of unbranched alkanes of at least 4 members (excludes halogenated alkanes) is 1. The molecule has 1 aliphatic carbocycles. The Labute approximate surface area is 139 Å². The summed E-state index contributed by atoms with van der Waals surface area (Å²) in [5, 5.41) is 0. The Bertz CT molecular complexity index is 402. The Kier molecular flexibility index (Phi) is 6.72. The summed E-state index contributed by atoms with van der Waals surface area (Å²) in [6, 6.07) is 0. The molecule has 1 atom stereocenters. The zero-order valence-electron chi connectivity index (χ0n) is 14.6. The predicted molar refractivity (Wildman–Crippen MR) is 88.1 cm³/mol. The van der Waals surface area contributed by atoms with Gasteiger partial charge in [0.05, 0.1) is 13.2 Å². The van der Waals surface area contributed by atoms with Crippen LogP contribution in [0.3, 0.4) is 0 Å². The van der Waals surface area contributed by atoms with Crippen LogP contribution in [0, 0.1) is 11.3 Å². The summed E-state index contributed by atoms with van der Waals surface area (Å²) in [5.74, 6) is 0.392. The molecule has 1 saturated carbocycles. The van der Waals surface area contributed by atoms with E-state index in [1.54, 1.807) is 0 Å². The number of rotatable bonds is 6. The molecular formula is C18H31NO4. The summed E-state index contributed by atoms with van der Waals surface area (Å²) in [6.45, 7) is 6.51. The van der Waals surface area contributed by atoms with Crippen LogP contribution < -0.4 is 0 Å². The van der Waals surface area contributed by atoms with E-state index in [-0.39, 0.29) is 12.1 Å². The van der Waals surface area contributed by atoms with Crippen molar-refractivity contribution in [2.45, 2.75) is 65.2 Å². The van der Waals surface area contributed by atoms with E-state index in [9.17, 15) is 9.59 Å². The molecule has 2 aliphatic rings. The molecule has 1 aliphatic heterocycles. The molecule has 1 heterocycles. The van der Waals surface area contributed by atoms with Gasteiger partial charge in [-0.2, -0.15) is 0 Å². The van der Waals surface area contributed by atoms with Crippen molar-refractivity contribution in [1.29, 1.82) is 0 Å². The molecule has 1 spiro atoms. The van der Waals surface area contributed by atoms with Gasteiger partial charge in [-0.1, -0.05) is 13.3 Å². The first-order chi connectivity index (χ1) is 11.1. The van der Waals surface area contributed by atoms with Gasteiger partial charge in [-0.05, 0) is 56.8 Å². The highest BCUT2D eigenvalue weighted by atomic mass is 16.6. The van der Waals surface area contributed by atoms with E-state index in [1.807, 2.05) is 11.8 Å². The molecule has 0 aromatic heterocycles. The molecule has 0 bridgehead atoms. The molecule has 0 N–H and O–H groups in total. The Morgan fingerprint density at radius 3 is 2.52 bits per heavy atom. The minimum absolute atomic E-state index is 0.0634. The maximum Gasteiger partial charge on any atom is 0.409 e. The number of hydrogen-bond donors (Lipinski definition) is 0. The topological polar surface area (TPSA) is 55.8 Å². The van der Waals surface area contributed by atoms with Crippen molar-refractivity contribution in [3.8, 4) is 0 Å². The van der Waals surface area contributed by atoms with Crippen molar-refractivity contribution in [2.75, 3.05) is 26.3 Å². The van der Waals surface area contributed by atoms with Gasteiger partial charge < -0.3 is 14.4 Å². The van der Waals surface area contributed by atoms with E-state index < -0.39 is 0 Å². The SMILES string of the molecule is CCCCOC(=O)N1CCC2(CCC(CC(=O)OCC)C2)CC1. The van der Waals surface area contributed by atoms with Gasteiger partial charge in [0.25, 0.3) is 0 Å². The van der Waals surface area contributed by atoms with E-state index in [1.165, 1.54) is 6.42 Å². The van der Waals surface area contributed by atoms with Crippen LogP contribution in [0.15, 0.2) is 0 Å². The van der Waals surface area contributed by atoms with Gasteiger partial charge in [0.15, 0.2) is 0 Å². The lowest BCUT2D eigenvalue weighted by atomic mass is 9.76. The Hall–Kier alpha value is -1.26. The summed E-state index contributed by atoms with van der Waals surface area (Å²) in [6.07, 6.45) is 7.83. The minimum Gasteiger partial charge on any atom is -0.466 e. The number of carbonyl (C=O) groups is 2. The molecule has 0 aromatic carbocycles. The second-order valence-corrected chi connectivity index (χ2v) is 7.07. The van der Waals surface area contributed by atoms with Gasteiger partial charge >= 0.3 is 12.1 Å². The number of amides is 1. The average molecular weight is 325 g/mol. The average Bonchev–Trinajstić information content (AvgIpc) is 2.90. The lowest BCUT2D eigenvalue weighted by Gasteiger charge is -2.39. The first-order valence-corrected chi connectivity index (χ1v) is 9.16. The third-order valence-electron chi connectivity index (χ3n) is 5.37. The highest BCUT2D eigenvalue weighted by molar-refractivity contribution is 5.69. The molecule has 5 nitrogen and oxygen atoms in total. The Morgan fingerprint density at radius 2 is 1.87 bits per heavy atom. The van der Waals surface area contributed by atoms with Gasteiger partial charge in [0.1, 0.15) is 0 Å². The molecule has 132 valence electrons. The number of esters is 1. The van der Waals surface area contributed by atoms with Gasteiger partial charge in [0.2, 0.25) is 0 Å². The summed E-state index contributed by atoms with van der Waals surface area (Å²) in [7, 11) is 0. The van der Waals surface area contributed by atoms with Crippen molar-refractivity contribution in [3.63, 3.8) is 0 Å². The number of likely N-dealkylation sites (tertiary alicyclic amines) is 1. The maximum atomic E-state index is 12.0. The number of hydrogen-bond acceptors (Lipinski definition) is 4. The summed E-state index contributed by atoms with van der Waals surface area (Å²) in [5.41, 5.74) is 0.331. The lowest BCUT2D eigenvalue weighted by molar-refractivity contribution is -0.144. The van der Waals surface area contributed by atoms with Crippen LogP contribution >= 0.6 is 0 Å². The van der Waals surface area contributed by atoms with Crippen molar-refractivity contribution in [2.24, 2.45) is 11.3 Å². The fraction of sp³-hybridized carbons (Fsp3) is 0.889. The fourth-order valence-corrected chi connectivity index (χ4v) is 3.97. The first-order valence-electron chi connectivity index (χ1n) is 9.16. The number of nitrogens with zero attached hydrogens (tertiary/aromatic N) is 1. The van der Waals surface area contributed by atoms with Crippen LogP contribution in [0.25, 0.3) is 0 Å². The second-order valence-electron chi connectivity index (χ2n) is 7.07. The van der Waals surface area contributed by atoms with Crippen LogP contribution in [0.5, 0.6) is 0 Å². The number of carbonyl (C=O) groups excluding carboxylic acids is 2. The molecule has 1 saturated heterocycles. The monoisotopic (exact) mass is 325 g/mol. The van der Waals surface area contributed by atoms with Crippen LogP contribution in [0.1, 0.15) is 65.2 Å². The van der Waals surface area contributed by atoms with E-state index in [0.717, 1.165) is 51.6 Å². The molecule has 23 heavy (non-hydrogen) atoms. The Morgan fingerprint density at radius 1 is 1.13 bits per heavy atom. The second kappa shape index (κ2) is 8.55. The lowest BCUT2D eigenvalue weighted by Crippen LogP contribution is -2.42. The van der Waals surface area contributed by atoms with E-state index in [2.05, 4.69) is 6.92 Å². The van der Waals surface area contributed by atoms with E-state index >= 15 is 0 Å². The summed E-state index contributed by atoms with van der Waals surface area (Å²) >= 11 is 0. The molecule has 0 aromatic rings. The predicted octanol–water partition coefficient (Wildman–Crippen LogP) is 3.76. The fourth-order valence-electron chi connectivity index (χ4n) is 3.97. The third kappa shape index (κ3) is 5.11. The van der Waals surface area contributed by atoms with E-state index in [4.69, 9.17) is 9.47 Å². The molecule has 2 rings (SSSR count). The first kappa shape index (κ1) is 18.1. The van der Waals surface area contributed by atoms with Gasteiger partial charge in [-0.3, -0.25) is 4.79 Å². The summed E-state index contributed by atoms with van der Waals surface area (Å²) in [4.78, 5) is 25.5. The highest BCUT2D eigenvalue weighted by Crippen LogP contribution is 2.49. The van der Waals surface area contributed by atoms with Crippen LogP contribution in [-0.2, 0) is 14.3 Å². The normalized spacial score (nSPS) is 23.0. The van der Waals surface area contributed by atoms with E-state index in [0.29, 0.717) is 31.0 Å². The molecular weight excluding hydrogens is 294 g/mol. The molecule has 1 amide bonds. The molecule has 2 fully saturated rings. The van der Waals surface area contributed by atoms with Crippen molar-refractivity contribution in [1.82, 2.24) is 4.90 Å².